The third kappa shape index (κ3) is 3.20. The van der Waals surface area contributed by atoms with Gasteiger partial charge in [0.25, 0.3) is 0 Å². The lowest BCUT2D eigenvalue weighted by Crippen LogP contribution is -2.26. The molecule has 6 nitrogen and oxygen atoms in total. The Bertz CT molecular complexity index is 429. The number of aromatic nitrogens is 1. The van der Waals surface area contributed by atoms with E-state index in [9.17, 15) is 0 Å². The number of aliphatic imine (C=N–C) groups is 2. The third-order valence-electron chi connectivity index (χ3n) is 1.89. The lowest BCUT2D eigenvalue weighted by molar-refractivity contribution is 0.822. The maximum Gasteiger partial charge on any atom is 0.219 e. The smallest absolute Gasteiger partial charge is 0.219 e. The molecule has 0 aliphatic rings. The van der Waals surface area contributed by atoms with Gasteiger partial charge >= 0.3 is 0 Å². The lowest BCUT2D eigenvalue weighted by Gasteiger charge is -2.04. The largest absolute Gasteiger partial charge is 0.370 e. The molecule has 1 heterocycles. The molecule has 1 aromatic heterocycles. The fraction of sp³-hybridized carbons (Fsp3) is 0.444. The Hall–Kier alpha value is -1.63. The van der Waals surface area contributed by atoms with Crippen molar-refractivity contribution in [1.29, 1.82) is 0 Å². The molecule has 7 heteroatoms. The van der Waals surface area contributed by atoms with E-state index in [0.29, 0.717) is 0 Å². The maximum absolute atomic E-state index is 5.56. The molecule has 0 amide bonds. The molecule has 0 spiro atoms. The van der Waals surface area contributed by atoms with E-state index in [1.807, 2.05) is 20.8 Å². The first-order valence-electron chi connectivity index (χ1n) is 4.77. The van der Waals surface area contributed by atoms with Crippen molar-refractivity contribution in [2.75, 3.05) is 0 Å². The third-order valence-corrected chi connectivity index (χ3v) is 3.13. The molecule has 1 unspecified atom stereocenters. The van der Waals surface area contributed by atoms with Crippen molar-refractivity contribution in [3.8, 4) is 0 Å². The Kier molecular flexibility index (Phi) is 3.83. The number of hydrogen-bond donors (Lipinski definition) is 3. The first-order chi connectivity index (χ1) is 7.40. The zero-order valence-electron chi connectivity index (χ0n) is 9.56. The Balaban J connectivity index is 2.91. The van der Waals surface area contributed by atoms with Crippen LogP contribution in [0.25, 0.3) is 0 Å². The molecule has 0 radical (unpaired) electrons. The van der Waals surface area contributed by atoms with Gasteiger partial charge in [-0.15, -0.1) is 11.3 Å². The summed E-state index contributed by atoms with van der Waals surface area (Å²) in [7, 11) is 0. The van der Waals surface area contributed by atoms with Crippen LogP contribution in [0, 0.1) is 13.8 Å². The van der Waals surface area contributed by atoms with Gasteiger partial charge in [-0.25, -0.2) is 9.98 Å². The highest BCUT2D eigenvalue weighted by Crippen LogP contribution is 2.26. The van der Waals surface area contributed by atoms with E-state index < -0.39 is 0 Å². The van der Waals surface area contributed by atoms with Crippen LogP contribution in [-0.2, 0) is 0 Å². The second kappa shape index (κ2) is 4.93. The minimum atomic E-state index is -0.0920. The van der Waals surface area contributed by atoms with E-state index in [1.54, 1.807) is 11.3 Å². The molecule has 0 aliphatic heterocycles. The number of rotatable bonds is 2. The number of thiazole rings is 1. The first kappa shape index (κ1) is 12.4. The maximum atomic E-state index is 5.56. The summed E-state index contributed by atoms with van der Waals surface area (Å²) < 4.78 is 0. The molecular formula is C9H16N6S. The van der Waals surface area contributed by atoms with Crippen LogP contribution in [0.3, 0.4) is 0 Å². The molecule has 0 aromatic carbocycles. The predicted molar refractivity (Wildman–Crippen MR) is 67.4 cm³/mol. The molecule has 88 valence electrons. The van der Waals surface area contributed by atoms with E-state index in [2.05, 4.69) is 15.0 Å². The monoisotopic (exact) mass is 240 g/mol. The van der Waals surface area contributed by atoms with E-state index in [4.69, 9.17) is 17.2 Å². The van der Waals surface area contributed by atoms with Crippen LogP contribution in [-0.4, -0.2) is 16.9 Å². The number of aryl methyl sites for hydroxylation is 2. The summed E-state index contributed by atoms with van der Waals surface area (Å²) in [5.41, 5.74) is 16.9. The highest BCUT2D eigenvalue weighted by molar-refractivity contribution is 7.11. The van der Waals surface area contributed by atoms with Gasteiger partial charge in [0, 0.05) is 0 Å². The van der Waals surface area contributed by atoms with Gasteiger partial charge in [0.15, 0.2) is 5.96 Å². The normalized spacial score (nSPS) is 13.6. The van der Waals surface area contributed by atoms with E-state index in [-0.39, 0.29) is 18.0 Å². The lowest BCUT2D eigenvalue weighted by atomic mass is 10.2. The predicted octanol–water partition coefficient (Wildman–Crippen LogP) is 0.409. The fourth-order valence-corrected chi connectivity index (χ4v) is 2.27. The van der Waals surface area contributed by atoms with Gasteiger partial charge in [0.05, 0.1) is 21.6 Å². The first-order valence-corrected chi connectivity index (χ1v) is 5.58. The van der Waals surface area contributed by atoms with Crippen LogP contribution in [0.5, 0.6) is 0 Å². The van der Waals surface area contributed by atoms with Crippen molar-refractivity contribution in [3.63, 3.8) is 0 Å². The van der Waals surface area contributed by atoms with Crippen molar-refractivity contribution in [3.05, 3.63) is 15.6 Å². The van der Waals surface area contributed by atoms with Crippen molar-refractivity contribution >= 4 is 23.3 Å². The Morgan fingerprint density at radius 1 is 1.31 bits per heavy atom. The molecule has 16 heavy (non-hydrogen) atoms. The molecule has 0 aliphatic carbocycles. The quantitative estimate of drug-likeness (QED) is 0.512. The molecule has 1 aromatic rings. The fourth-order valence-electron chi connectivity index (χ4n) is 1.35. The van der Waals surface area contributed by atoms with Crippen LogP contribution < -0.4 is 17.2 Å². The van der Waals surface area contributed by atoms with Gasteiger partial charge in [-0.2, -0.15) is 4.99 Å². The van der Waals surface area contributed by atoms with Crippen molar-refractivity contribution < 1.29 is 0 Å². The average molecular weight is 240 g/mol. The standard InChI is InChI=1S/C9H16N6S/c1-4-7(16-6(3)13-4)5(2)14-9(12)15-8(10)11/h5H,1-3H3,(H6,10,11,12,14,15). The highest BCUT2D eigenvalue weighted by Gasteiger charge is 2.12. The molecular weight excluding hydrogens is 224 g/mol. The number of nitrogens with two attached hydrogens (primary N) is 3. The van der Waals surface area contributed by atoms with Crippen LogP contribution >= 0.6 is 11.3 Å². The van der Waals surface area contributed by atoms with E-state index >= 15 is 0 Å². The molecule has 1 atom stereocenters. The Morgan fingerprint density at radius 2 is 1.94 bits per heavy atom. The minimum Gasteiger partial charge on any atom is -0.370 e. The summed E-state index contributed by atoms with van der Waals surface area (Å²) in [6.45, 7) is 5.83. The summed E-state index contributed by atoms with van der Waals surface area (Å²) in [4.78, 5) is 13.2. The number of guanidine groups is 2. The summed E-state index contributed by atoms with van der Waals surface area (Å²) in [5.74, 6) is -0.0105. The summed E-state index contributed by atoms with van der Waals surface area (Å²) in [6, 6.07) is -0.0886. The van der Waals surface area contributed by atoms with Gasteiger partial charge in [-0.3, -0.25) is 0 Å². The van der Waals surface area contributed by atoms with E-state index in [1.165, 1.54) is 0 Å². The van der Waals surface area contributed by atoms with Crippen LogP contribution in [0.2, 0.25) is 0 Å². The Morgan fingerprint density at radius 3 is 2.38 bits per heavy atom. The zero-order valence-corrected chi connectivity index (χ0v) is 10.4. The zero-order chi connectivity index (χ0) is 12.3. The minimum absolute atomic E-state index is 0.0814. The van der Waals surface area contributed by atoms with Gasteiger partial charge < -0.3 is 17.2 Å². The van der Waals surface area contributed by atoms with Crippen LogP contribution in [0.15, 0.2) is 9.98 Å². The molecule has 0 saturated heterocycles. The molecule has 6 N–H and O–H groups in total. The molecule has 0 fully saturated rings. The van der Waals surface area contributed by atoms with Crippen molar-refractivity contribution in [2.45, 2.75) is 26.8 Å². The van der Waals surface area contributed by atoms with Gasteiger partial charge in [0.2, 0.25) is 5.96 Å². The van der Waals surface area contributed by atoms with E-state index in [0.717, 1.165) is 15.6 Å². The molecule has 1 rings (SSSR count). The van der Waals surface area contributed by atoms with Gasteiger partial charge in [-0.1, -0.05) is 0 Å². The second-order valence-corrected chi connectivity index (χ2v) is 4.62. The summed E-state index contributed by atoms with van der Waals surface area (Å²) >= 11 is 1.60. The van der Waals surface area contributed by atoms with Crippen molar-refractivity contribution in [2.24, 2.45) is 27.2 Å². The van der Waals surface area contributed by atoms with Crippen LogP contribution in [0.4, 0.5) is 0 Å². The van der Waals surface area contributed by atoms with Crippen LogP contribution in [0.1, 0.15) is 28.5 Å². The topological polar surface area (TPSA) is 116 Å². The summed E-state index contributed by atoms with van der Waals surface area (Å²) in [6.07, 6.45) is 0. The summed E-state index contributed by atoms with van der Waals surface area (Å²) in [5, 5.41) is 1.01. The van der Waals surface area contributed by atoms with Crippen molar-refractivity contribution in [1.82, 2.24) is 4.98 Å². The van der Waals surface area contributed by atoms with Gasteiger partial charge in [0.1, 0.15) is 0 Å². The highest BCUT2D eigenvalue weighted by atomic mass is 32.1. The van der Waals surface area contributed by atoms with Gasteiger partial charge in [-0.05, 0) is 20.8 Å². The number of hydrogen-bond acceptors (Lipinski definition) is 3. The Labute approximate surface area is 98.3 Å². The average Bonchev–Trinajstić information content (AvgIpc) is 2.43. The number of nitrogens with zero attached hydrogens (tertiary/aromatic N) is 3. The molecule has 0 bridgehead atoms. The SMILES string of the molecule is Cc1nc(C)c(C(C)N=C(N)N=C(N)N)s1. The molecule has 0 saturated carbocycles. The second-order valence-electron chi connectivity index (χ2n) is 3.38.